The Kier molecular flexibility index (Phi) is 7.27. The Labute approximate surface area is 209 Å². The van der Waals surface area contributed by atoms with Crippen LogP contribution in [0.4, 0.5) is 0 Å². The number of dihydropyridines is 1. The van der Waals surface area contributed by atoms with Crippen LogP contribution in [0.2, 0.25) is 0 Å². The molecule has 34 heavy (non-hydrogen) atoms. The summed E-state index contributed by atoms with van der Waals surface area (Å²) >= 11 is 3.57. The lowest BCUT2D eigenvalue weighted by atomic mass is 9.71. The molecule has 0 saturated carbocycles. The highest BCUT2D eigenvalue weighted by Gasteiger charge is 2.41. The number of hydrogen-bond acceptors (Lipinski definition) is 5. The second-order valence-electron chi connectivity index (χ2n) is 9.31. The zero-order valence-corrected chi connectivity index (χ0v) is 21.6. The first kappa shape index (κ1) is 24.3. The van der Waals surface area contributed by atoms with E-state index >= 15 is 0 Å². The molecule has 6 heteroatoms. The van der Waals surface area contributed by atoms with E-state index in [2.05, 4.69) is 33.4 Å². The van der Waals surface area contributed by atoms with Crippen molar-refractivity contribution in [1.82, 2.24) is 5.32 Å². The van der Waals surface area contributed by atoms with Crippen molar-refractivity contribution >= 4 is 27.7 Å². The third kappa shape index (κ3) is 4.83. The molecule has 0 amide bonds. The normalized spacial score (nSPS) is 20.2. The van der Waals surface area contributed by atoms with Gasteiger partial charge in [-0.15, -0.1) is 0 Å². The average molecular weight is 524 g/mol. The fourth-order valence-electron chi connectivity index (χ4n) is 4.79. The molecule has 5 nitrogen and oxygen atoms in total. The molecular weight excluding hydrogens is 494 g/mol. The number of benzene rings is 2. The average Bonchev–Trinajstić information content (AvgIpc) is 2.82. The summed E-state index contributed by atoms with van der Waals surface area (Å²) in [4.78, 5) is 26.9. The molecule has 1 aliphatic carbocycles. The summed E-state index contributed by atoms with van der Waals surface area (Å²) in [7, 11) is 1.61. The summed E-state index contributed by atoms with van der Waals surface area (Å²) in [5, 5.41) is 3.41. The maximum atomic E-state index is 13.6. The van der Waals surface area contributed by atoms with Gasteiger partial charge in [-0.3, -0.25) is 4.79 Å². The van der Waals surface area contributed by atoms with E-state index in [4.69, 9.17) is 9.47 Å². The lowest BCUT2D eigenvalue weighted by Crippen LogP contribution is -2.36. The van der Waals surface area contributed by atoms with Crippen LogP contribution in [-0.2, 0) is 14.3 Å². The number of esters is 1. The molecule has 178 valence electrons. The van der Waals surface area contributed by atoms with E-state index in [1.807, 2.05) is 57.2 Å². The van der Waals surface area contributed by atoms with Gasteiger partial charge in [-0.25, -0.2) is 4.79 Å². The Balaban J connectivity index is 1.79. The summed E-state index contributed by atoms with van der Waals surface area (Å²) in [6, 6.07) is 15.8. The SMILES string of the molecule is COc1ccc(C2C(C(=O)OCC(C)C)=C(C)NC3=C2C(=O)CC(c2ccccc2)C3)cc1Br. The maximum Gasteiger partial charge on any atom is 0.336 e. The van der Waals surface area contributed by atoms with Gasteiger partial charge in [0.05, 0.1) is 23.8 Å². The molecule has 2 aliphatic rings. The van der Waals surface area contributed by atoms with Crippen LogP contribution in [0.3, 0.4) is 0 Å². The molecule has 2 aromatic carbocycles. The fourth-order valence-corrected chi connectivity index (χ4v) is 5.34. The molecular formula is C28H30BrNO4. The number of halogens is 1. The molecule has 0 radical (unpaired) electrons. The van der Waals surface area contributed by atoms with Gasteiger partial charge in [0.15, 0.2) is 5.78 Å². The Bertz CT molecular complexity index is 1170. The van der Waals surface area contributed by atoms with Crippen LogP contribution in [-0.4, -0.2) is 25.5 Å². The van der Waals surface area contributed by atoms with Crippen LogP contribution < -0.4 is 10.1 Å². The Morgan fingerprint density at radius 3 is 2.50 bits per heavy atom. The molecule has 1 heterocycles. The zero-order chi connectivity index (χ0) is 24.4. The van der Waals surface area contributed by atoms with E-state index in [-0.39, 0.29) is 23.6 Å². The van der Waals surface area contributed by atoms with Gasteiger partial charge in [-0.1, -0.05) is 50.2 Å². The highest BCUT2D eigenvalue weighted by atomic mass is 79.9. The molecule has 0 fully saturated rings. The van der Waals surface area contributed by atoms with Gasteiger partial charge in [-0.2, -0.15) is 0 Å². The molecule has 4 rings (SSSR count). The first-order chi connectivity index (χ1) is 16.3. The molecule has 1 aliphatic heterocycles. The highest BCUT2D eigenvalue weighted by Crippen LogP contribution is 2.46. The fraction of sp³-hybridized carbons (Fsp3) is 0.357. The topological polar surface area (TPSA) is 64.6 Å². The number of carbonyl (C=O) groups is 2. The number of rotatable bonds is 6. The van der Waals surface area contributed by atoms with E-state index in [0.29, 0.717) is 36.3 Å². The van der Waals surface area contributed by atoms with E-state index in [0.717, 1.165) is 27.0 Å². The second kappa shape index (κ2) is 10.2. The molecule has 2 unspecified atom stereocenters. The maximum absolute atomic E-state index is 13.6. The standard InChI is InChI=1S/C28H30BrNO4/c1-16(2)15-34-28(32)25-17(3)30-22-13-20(18-8-6-5-7-9-18)14-23(31)27(22)26(25)19-10-11-24(33-4)21(29)12-19/h5-12,16,20,26,30H,13-15H2,1-4H3. The van der Waals surface area contributed by atoms with Crippen LogP contribution in [0.5, 0.6) is 5.75 Å². The monoisotopic (exact) mass is 523 g/mol. The van der Waals surface area contributed by atoms with Crippen LogP contribution in [0.25, 0.3) is 0 Å². The third-order valence-corrected chi connectivity index (χ3v) is 7.00. The van der Waals surface area contributed by atoms with Crippen LogP contribution in [0.1, 0.15) is 56.6 Å². The number of Topliss-reactive ketones (excluding diaryl/α,β-unsaturated/α-hetero) is 1. The van der Waals surface area contributed by atoms with Crippen molar-refractivity contribution in [1.29, 1.82) is 0 Å². The molecule has 2 aromatic rings. The number of allylic oxidation sites excluding steroid dienone is 3. The minimum absolute atomic E-state index is 0.0567. The molecule has 0 aromatic heterocycles. The number of ether oxygens (including phenoxy) is 2. The van der Waals surface area contributed by atoms with Crippen molar-refractivity contribution in [3.05, 3.63) is 86.7 Å². The van der Waals surface area contributed by atoms with Gasteiger partial charge in [0.2, 0.25) is 0 Å². The van der Waals surface area contributed by atoms with Gasteiger partial charge >= 0.3 is 5.97 Å². The number of hydrogen-bond donors (Lipinski definition) is 1. The summed E-state index contributed by atoms with van der Waals surface area (Å²) in [6.07, 6.45) is 1.12. The van der Waals surface area contributed by atoms with Gasteiger partial charge < -0.3 is 14.8 Å². The number of carbonyl (C=O) groups excluding carboxylic acids is 2. The van der Waals surface area contributed by atoms with Crippen LogP contribution in [0.15, 0.2) is 75.5 Å². The van der Waals surface area contributed by atoms with Crippen molar-refractivity contribution in [3.8, 4) is 5.75 Å². The van der Waals surface area contributed by atoms with Gasteiger partial charge in [-0.05, 0) is 64.4 Å². The quantitative estimate of drug-likeness (QED) is 0.469. The van der Waals surface area contributed by atoms with E-state index in [1.165, 1.54) is 0 Å². The number of ketones is 1. The molecule has 0 saturated heterocycles. The largest absolute Gasteiger partial charge is 0.496 e. The van der Waals surface area contributed by atoms with Gasteiger partial charge in [0.25, 0.3) is 0 Å². The zero-order valence-electron chi connectivity index (χ0n) is 20.0. The third-order valence-electron chi connectivity index (χ3n) is 6.38. The number of methoxy groups -OCH3 is 1. The van der Waals surface area contributed by atoms with Crippen molar-refractivity contribution in [3.63, 3.8) is 0 Å². The molecule has 1 N–H and O–H groups in total. The van der Waals surface area contributed by atoms with E-state index in [9.17, 15) is 9.59 Å². The van der Waals surface area contributed by atoms with Crippen molar-refractivity contribution in [2.24, 2.45) is 5.92 Å². The number of nitrogens with one attached hydrogen (secondary N) is 1. The predicted octanol–water partition coefficient (Wildman–Crippen LogP) is 6.02. The van der Waals surface area contributed by atoms with E-state index in [1.54, 1.807) is 7.11 Å². The summed E-state index contributed by atoms with van der Waals surface area (Å²) in [6.45, 7) is 6.21. The lowest BCUT2D eigenvalue weighted by Gasteiger charge is -2.37. The smallest absolute Gasteiger partial charge is 0.336 e. The summed E-state index contributed by atoms with van der Waals surface area (Å²) < 4.78 is 11.8. The second-order valence-corrected chi connectivity index (χ2v) is 10.2. The Morgan fingerprint density at radius 1 is 1.12 bits per heavy atom. The van der Waals surface area contributed by atoms with Crippen LogP contribution >= 0.6 is 15.9 Å². The first-order valence-corrected chi connectivity index (χ1v) is 12.4. The predicted molar refractivity (Wildman–Crippen MR) is 136 cm³/mol. The van der Waals surface area contributed by atoms with Crippen molar-refractivity contribution < 1.29 is 19.1 Å². The van der Waals surface area contributed by atoms with Crippen LogP contribution in [0, 0.1) is 5.92 Å². The van der Waals surface area contributed by atoms with Crippen molar-refractivity contribution in [2.45, 2.75) is 45.4 Å². The Morgan fingerprint density at radius 2 is 1.85 bits per heavy atom. The lowest BCUT2D eigenvalue weighted by molar-refractivity contribution is -0.140. The van der Waals surface area contributed by atoms with Gasteiger partial charge in [0.1, 0.15) is 5.75 Å². The summed E-state index contributed by atoms with van der Waals surface area (Å²) in [5.41, 5.74) is 4.76. The molecule has 0 spiro atoms. The molecule has 2 atom stereocenters. The molecule has 0 bridgehead atoms. The highest BCUT2D eigenvalue weighted by molar-refractivity contribution is 9.10. The minimum atomic E-state index is -0.498. The Hall–Kier alpha value is -2.86. The summed E-state index contributed by atoms with van der Waals surface area (Å²) in [5.74, 6) is 0.178. The first-order valence-electron chi connectivity index (χ1n) is 11.6. The van der Waals surface area contributed by atoms with Crippen molar-refractivity contribution in [2.75, 3.05) is 13.7 Å². The minimum Gasteiger partial charge on any atom is -0.496 e. The van der Waals surface area contributed by atoms with E-state index < -0.39 is 5.92 Å². The van der Waals surface area contributed by atoms with Gasteiger partial charge in [0, 0.05) is 29.3 Å².